The van der Waals surface area contributed by atoms with Crippen molar-refractivity contribution in [3.05, 3.63) is 94.9 Å². The molecule has 1 N–H and O–H groups in total. The van der Waals surface area contributed by atoms with Crippen LogP contribution in [0.15, 0.2) is 66.7 Å². The van der Waals surface area contributed by atoms with Crippen LogP contribution in [0.4, 0.5) is 4.39 Å². The fraction of sp³-hybridized carbons (Fsp3) is 0.250. The van der Waals surface area contributed by atoms with E-state index in [0.29, 0.717) is 17.9 Å². The van der Waals surface area contributed by atoms with Crippen molar-refractivity contribution in [1.82, 2.24) is 4.57 Å². The first-order chi connectivity index (χ1) is 15.8. The monoisotopic (exact) mass is 445 g/mol. The maximum atomic E-state index is 14.0. The number of carbonyl (C=O) groups is 1. The van der Waals surface area contributed by atoms with Gasteiger partial charge in [-0.05, 0) is 72.9 Å². The summed E-state index contributed by atoms with van der Waals surface area (Å²) in [6.45, 7) is 7.96. The summed E-state index contributed by atoms with van der Waals surface area (Å²) >= 11 is 0. The Bertz CT molecular complexity index is 1310. The zero-order chi connectivity index (χ0) is 23.7. The summed E-state index contributed by atoms with van der Waals surface area (Å²) in [5.74, 6) is -1.14. The molecule has 0 aliphatic heterocycles. The lowest BCUT2D eigenvalue weighted by atomic mass is 9.93. The van der Waals surface area contributed by atoms with Crippen molar-refractivity contribution < 1.29 is 19.0 Å². The van der Waals surface area contributed by atoms with E-state index in [1.54, 1.807) is 26.0 Å². The number of rotatable bonds is 7. The molecule has 0 aliphatic rings. The number of hydrogen-bond acceptors (Lipinski definition) is 2. The molecule has 0 aliphatic carbocycles. The molecule has 3 aromatic carbocycles. The minimum absolute atomic E-state index is 0.0493. The summed E-state index contributed by atoms with van der Waals surface area (Å²) < 4.78 is 22.1. The van der Waals surface area contributed by atoms with Crippen molar-refractivity contribution in [2.75, 3.05) is 0 Å². The van der Waals surface area contributed by atoms with Gasteiger partial charge in [-0.2, -0.15) is 0 Å². The van der Waals surface area contributed by atoms with Gasteiger partial charge < -0.3 is 14.4 Å². The van der Waals surface area contributed by atoms with Gasteiger partial charge >= 0.3 is 5.97 Å². The summed E-state index contributed by atoms with van der Waals surface area (Å²) in [5.41, 5.74) is 4.95. The summed E-state index contributed by atoms with van der Waals surface area (Å²) in [6.07, 6.45) is 0. The SMILES string of the molecule is Cc1cc(-n2c(C(C)C)c(C(C)C(=O)O)c3cc(OCc4ccccc4)ccc32)ccc1F. The lowest BCUT2D eigenvalue weighted by Crippen LogP contribution is -2.12. The molecule has 0 saturated carbocycles. The van der Waals surface area contributed by atoms with Crippen LogP contribution >= 0.6 is 0 Å². The predicted octanol–water partition coefficient (Wildman–Crippen LogP) is 6.97. The lowest BCUT2D eigenvalue weighted by molar-refractivity contribution is -0.138. The number of carboxylic acids is 1. The second-order valence-electron chi connectivity index (χ2n) is 8.74. The Labute approximate surface area is 193 Å². The van der Waals surface area contributed by atoms with E-state index in [1.165, 1.54) is 6.07 Å². The molecule has 1 heterocycles. The van der Waals surface area contributed by atoms with Crippen LogP contribution in [0.3, 0.4) is 0 Å². The molecule has 33 heavy (non-hydrogen) atoms. The van der Waals surface area contributed by atoms with Crippen molar-refractivity contribution >= 4 is 16.9 Å². The van der Waals surface area contributed by atoms with E-state index in [-0.39, 0.29) is 11.7 Å². The Hall–Kier alpha value is -3.60. The number of aryl methyl sites for hydroxylation is 1. The van der Waals surface area contributed by atoms with Gasteiger partial charge in [0.2, 0.25) is 0 Å². The second kappa shape index (κ2) is 9.10. The van der Waals surface area contributed by atoms with Crippen LogP contribution < -0.4 is 4.74 Å². The van der Waals surface area contributed by atoms with Crippen LogP contribution in [0.2, 0.25) is 0 Å². The maximum absolute atomic E-state index is 14.0. The third-order valence-electron chi connectivity index (χ3n) is 6.01. The van der Waals surface area contributed by atoms with Gasteiger partial charge in [0.15, 0.2) is 0 Å². The van der Waals surface area contributed by atoms with Crippen LogP contribution in [0, 0.1) is 12.7 Å². The van der Waals surface area contributed by atoms with E-state index in [1.807, 2.05) is 62.4 Å². The lowest BCUT2D eigenvalue weighted by Gasteiger charge is -2.17. The fourth-order valence-electron chi connectivity index (χ4n) is 4.34. The molecule has 0 amide bonds. The van der Waals surface area contributed by atoms with E-state index < -0.39 is 11.9 Å². The topological polar surface area (TPSA) is 51.5 Å². The minimum atomic E-state index is -0.887. The van der Waals surface area contributed by atoms with Crippen LogP contribution in [-0.2, 0) is 11.4 Å². The van der Waals surface area contributed by atoms with Gasteiger partial charge in [0.1, 0.15) is 18.2 Å². The normalized spacial score (nSPS) is 12.3. The molecule has 0 bridgehead atoms. The Morgan fingerprint density at radius 1 is 1.03 bits per heavy atom. The molecule has 0 fully saturated rings. The first-order valence-electron chi connectivity index (χ1n) is 11.1. The van der Waals surface area contributed by atoms with Crippen molar-refractivity contribution in [3.63, 3.8) is 0 Å². The Morgan fingerprint density at radius 3 is 2.39 bits per heavy atom. The van der Waals surface area contributed by atoms with Gasteiger partial charge in [0.05, 0.1) is 11.4 Å². The van der Waals surface area contributed by atoms with Crippen LogP contribution in [0.1, 0.15) is 55.0 Å². The largest absolute Gasteiger partial charge is 0.489 e. The predicted molar refractivity (Wildman–Crippen MR) is 129 cm³/mol. The van der Waals surface area contributed by atoms with Gasteiger partial charge in [-0.15, -0.1) is 0 Å². The van der Waals surface area contributed by atoms with Gasteiger partial charge in [-0.25, -0.2) is 4.39 Å². The fourth-order valence-corrected chi connectivity index (χ4v) is 4.34. The summed E-state index contributed by atoms with van der Waals surface area (Å²) in [7, 11) is 0. The molecule has 1 atom stereocenters. The number of halogens is 1. The molecule has 5 heteroatoms. The van der Waals surface area contributed by atoms with E-state index >= 15 is 0 Å². The zero-order valence-corrected chi connectivity index (χ0v) is 19.3. The number of carboxylic acid groups (broad SMARTS) is 1. The van der Waals surface area contributed by atoms with Crippen LogP contribution in [0.25, 0.3) is 16.6 Å². The molecule has 1 unspecified atom stereocenters. The molecular weight excluding hydrogens is 417 g/mol. The summed E-state index contributed by atoms with van der Waals surface area (Å²) in [4.78, 5) is 12.1. The Kier molecular flexibility index (Phi) is 6.23. The number of benzene rings is 3. The number of fused-ring (bicyclic) bond motifs is 1. The summed E-state index contributed by atoms with van der Waals surface area (Å²) in [5, 5.41) is 10.7. The molecule has 4 nitrogen and oxygen atoms in total. The standard InChI is InChI=1S/C28H28FNO3/c1-17(2)27-26(19(4)28(31)32)23-15-22(33-16-20-8-6-5-7-9-20)11-13-25(23)30(27)21-10-12-24(29)18(3)14-21/h5-15,17,19H,16H2,1-4H3,(H,31,32). The van der Waals surface area contributed by atoms with Crippen molar-refractivity contribution in [3.8, 4) is 11.4 Å². The van der Waals surface area contributed by atoms with E-state index in [4.69, 9.17) is 4.74 Å². The molecule has 4 rings (SSSR count). The highest BCUT2D eigenvalue weighted by Crippen LogP contribution is 2.40. The third kappa shape index (κ3) is 4.36. The molecule has 170 valence electrons. The van der Waals surface area contributed by atoms with E-state index in [0.717, 1.165) is 33.4 Å². The Morgan fingerprint density at radius 2 is 1.76 bits per heavy atom. The van der Waals surface area contributed by atoms with Gasteiger partial charge in [0.25, 0.3) is 0 Å². The first-order valence-corrected chi connectivity index (χ1v) is 11.1. The second-order valence-corrected chi connectivity index (χ2v) is 8.74. The molecule has 4 aromatic rings. The molecular formula is C28H28FNO3. The number of ether oxygens (including phenoxy) is 1. The first kappa shape index (κ1) is 22.6. The average Bonchev–Trinajstić information content (AvgIpc) is 3.14. The van der Waals surface area contributed by atoms with Crippen molar-refractivity contribution in [2.45, 2.75) is 46.1 Å². The quantitative estimate of drug-likeness (QED) is 0.334. The van der Waals surface area contributed by atoms with Gasteiger partial charge in [-0.1, -0.05) is 44.2 Å². The van der Waals surface area contributed by atoms with Gasteiger partial charge in [-0.3, -0.25) is 4.79 Å². The van der Waals surface area contributed by atoms with Crippen molar-refractivity contribution in [2.24, 2.45) is 0 Å². The minimum Gasteiger partial charge on any atom is -0.489 e. The zero-order valence-electron chi connectivity index (χ0n) is 19.3. The number of hydrogen-bond donors (Lipinski definition) is 1. The average molecular weight is 446 g/mol. The smallest absolute Gasteiger partial charge is 0.310 e. The number of aliphatic carboxylic acids is 1. The van der Waals surface area contributed by atoms with Gasteiger partial charge in [0, 0.05) is 16.8 Å². The van der Waals surface area contributed by atoms with Crippen LogP contribution in [0.5, 0.6) is 5.75 Å². The number of nitrogens with zero attached hydrogens (tertiary/aromatic N) is 1. The highest BCUT2D eigenvalue weighted by molar-refractivity contribution is 5.93. The van der Waals surface area contributed by atoms with E-state index in [9.17, 15) is 14.3 Å². The Balaban J connectivity index is 1.91. The molecule has 1 aromatic heterocycles. The molecule has 0 spiro atoms. The highest BCUT2D eigenvalue weighted by Gasteiger charge is 2.28. The highest BCUT2D eigenvalue weighted by atomic mass is 19.1. The summed E-state index contributed by atoms with van der Waals surface area (Å²) in [6, 6.07) is 20.7. The third-order valence-corrected chi connectivity index (χ3v) is 6.01. The van der Waals surface area contributed by atoms with Crippen LogP contribution in [-0.4, -0.2) is 15.6 Å². The van der Waals surface area contributed by atoms with E-state index in [2.05, 4.69) is 4.57 Å². The number of aromatic nitrogens is 1. The molecule has 0 saturated heterocycles. The maximum Gasteiger partial charge on any atom is 0.310 e. The van der Waals surface area contributed by atoms with Crippen molar-refractivity contribution in [1.29, 1.82) is 0 Å². The molecule has 0 radical (unpaired) electrons.